The van der Waals surface area contributed by atoms with Crippen LogP contribution in [0.3, 0.4) is 0 Å². The third-order valence-corrected chi connectivity index (χ3v) is 1.95. The van der Waals surface area contributed by atoms with E-state index in [1.165, 1.54) is 0 Å². The second-order valence-corrected chi connectivity index (χ2v) is 3.76. The van der Waals surface area contributed by atoms with Crippen molar-refractivity contribution < 1.29 is 4.74 Å². The van der Waals surface area contributed by atoms with Crippen LogP contribution in [0.4, 0.5) is 0 Å². The van der Waals surface area contributed by atoms with Gasteiger partial charge in [-0.15, -0.1) is 0 Å². The molecule has 1 fully saturated rings. The van der Waals surface area contributed by atoms with Crippen molar-refractivity contribution in [2.24, 2.45) is 11.7 Å². The highest BCUT2D eigenvalue weighted by Gasteiger charge is 2.30. The highest BCUT2D eigenvalue weighted by Crippen LogP contribution is 2.23. The van der Waals surface area contributed by atoms with Crippen molar-refractivity contribution >= 4 is 0 Å². The van der Waals surface area contributed by atoms with Crippen LogP contribution < -0.4 is 5.73 Å². The molecule has 1 aliphatic heterocycles. The lowest BCUT2D eigenvalue weighted by atomic mass is 9.89. The minimum Gasteiger partial charge on any atom is -0.379 e. The molecule has 0 aromatic carbocycles. The Kier molecular flexibility index (Phi) is 2.32. The first-order chi connectivity index (χ1) is 4.62. The van der Waals surface area contributed by atoms with Crippen LogP contribution in [0, 0.1) is 5.92 Å². The molecule has 0 radical (unpaired) electrons. The molecule has 0 bridgehead atoms. The van der Waals surface area contributed by atoms with E-state index in [1.807, 2.05) is 0 Å². The van der Waals surface area contributed by atoms with E-state index >= 15 is 0 Å². The molecule has 60 valence electrons. The zero-order chi connectivity index (χ0) is 7.61. The number of ether oxygens (including phenoxy) is 1. The average Bonchev–Trinajstić information content (AvgIpc) is 2.12. The summed E-state index contributed by atoms with van der Waals surface area (Å²) in [6.07, 6.45) is 2.12. The molecule has 0 spiro atoms. The topological polar surface area (TPSA) is 35.2 Å². The fourth-order valence-electron chi connectivity index (χ4n) is 1.60. The average molecular weight is 143 g/mol. The third kappa shape index (κ3) is 1.96. The maximum atomic E-state index is 6.04. The normalized spacial score (nSPS) is 33.6. The molecule has 2 heteroatoms. The minimum atomic E-state index is -0.00579. The van der Waals surface area contributed by atoms with Crippen molar-refractivity contribution in [2.45, 2.75) is 32.2 Å². The summed E-state index contributed by atoms with van der Waals surface area (Å²) in [5, 5.41) is 0. The van der Waals surface area contributed by atoms with Crippen molar-refractivity contribution in [1.29, 1.82) is 0 Å². The van der Waals surface area contributed by atoms with E-state index in [9.17, 15) is 0 Å². The van der Waals surface area contributed by atoms with Crippen molar-refractivity contribution in [1.82, 2.24) is 0 Å². The summed E-state index contributed by atoms with van der Waals surface area (Å²) in [7, 11) is 0. The second-order valence-electron chi connectivity index (χ2n) is 3.76. The van der Waals surface area contributed by atoms with Crippen LogP contribution in [0.5, 0.6) is 0 Å². The van der Waals surface area contributed by atoms with Crippen LogP contribution in [0.1, 0.15) is 26.7 Å². The Morgan fingerprint density at radius 2 is 2.30 bits per heavy atom. The van der Waals surface area contributed by atoms with E-state index in [4.69, 9.17) is 10.5 Å². The van der Waals surface area contributed by atoms with Crippen LogP contribution in [-0.4, -0.2) is 18.8 Å². The lowest BCUT2D eigenvalue weighted by Crippen LogP contribution is -2.41. The van der Waals surface area contributed by atoms with Gasteiger partial charge in [0.25, 0.3) is 0 Å². The summed E-state index contributed by atoms with van der Waals surface area (Å²) >= 11 is 0. The number of hydrogen-bond acceptors (Lipinski definition) is 2. The van der Waals surface area contributed by atoms with Crippen molar-refractivity contribution in [3.05, 3.63) is 0 Å². The summed E-state index contributed by atoms with van der Waals surface area (Å²) in [5.74, 6) is 0.687. The van der Waals surface area contributed by atoms with Gasteiger partial charge in [0.2, 0.25) is 0 Å². The van der Waals surface area contributed by atoms with Gasteiger partial charge in [-0.2, -0.15) is 0 Å². The molecule has 0 amide bonds. The molecule has 1 saturated heterocycles. The predicted octanol–water partition coefficient (Wildman–Crippen LogP) is 1.15. The SMILES string of the molecule is CC(C)CC1(N)CCOC1. The van der Waals surface area contributed by atoms with E-state index in [0.717, 1.165) is 26.1 Å². The summed E-state index contributed by atoms with van der Waals surface area (Å²) in [5.41, 5.74) is 6.03. The fraction of sp³-hybridized carbons (Fsp3) is 1.00. The van der Waals surface area contributed by atoms with Gasteiger partial charge in [-0.25, -0.2) is 0 Å². The van der Waals surface area contributed by atoms with E-state index in [-0.39, 0.29) is 5.54 Å². The van der Waals surface area contributed by atoms with E-state index in [2.05, 4.69) is 13.8 Å². The zero-order valence-electron chi connectivity index (χ0n) is 6.89. The lowest BCUT2D eigenvalue weighted by Gasteiger charge is -2.23. The van der Waals surface area contributed by atoms with Crippen molar-refractivity contribution in [3.63, 3.8) is 0 Å². The summed E-state index contributed by atoms with van der Waals surface area (Å²) in [6.45, 7) is 6.01. The monoisotopic (exact) mass is 143 g/mol. The summed E-state index contributed by atoms with van der Waals surface area (Å²) < 4.78 is 5.24. The Bertz CT molecular complexity index is 106. The molecule has 0 saturated carbocycles. The largest absolute Gasteiger partial charge is 0.379 e. The second kappa shape index (κ2) is 2.89. The molecule has 1 rings (SSSR count). The Labute approximate surface area is 62.7 Å². The van der Waals surface area contributed by atoms with Gasteiger partial charge in [0.05, 0.1) is 6.61 Å². The van der Waals surface area contributed by atoms with Gasteiger partial charge in [0.1, 0.15) is 0 Å². The first kappa shape index (κ1) is 8.02. The summed E-state index contributed by atoms with van der Waals surface area (Å²) in [4.78, 5) is 0. The molecule has 1 unspecified atom stereocenters. The van der Waals surface area contributed by atoms with Crippen LogP contribution >= 0.6 is 0 Å². The molecule has 1 aliphatic rings. The number of rotatable bonds is 2. The van der Waals surface area contributed by atoms with Crippen LogP contribution in [-0.2, 0) is 4.74 Å². The van der Waals surface area contributed by atoms with Gasteiger partial charge >= 0.3 is 0 Å². The quantitative estimate of drug-likeness (QED) is 0.629. The van der Waals surface area contributed by atoms with Crippen LogP contribution in [0.15, 0.2) is 0 Å². The number of hydrogen-bond donors (Lipinski definition) is 1. The Morgan fingerprint density at radius 3 is 2.70 bits per heavy atom. The van der Waals surface area contributed by atoms with Gasteiger partial charge < -0.3 is 10.5 Å². The van der Waals surface area contributed by atoms with Gasteiger partial charge in [-0.3, -0.25) is 0 Å². The van der Waals surface area contributed by atoms with Crippen LogP contribution in [0.2, 0.25) is 0 Å². The molecule has 1 atom stereocenters. The molecular formula is C8H17NO. The van der Waals surface area contributed by atoms with Gasteiger partial charge in [-0.05, 0) is 18.8 Å². The highest BCUT2D eigenvalue weighted by atomic mass is 16.5. The standard InChI is InChI=1S/C8H17NO/c1-7(2)5-8(9)3-4-10-6-8/h7H,3-6,9H2,1-2H3. The molecular weight excluding hydrogens is 126 g/mol. The van der Waals surface area contributed by atoms with Crippen molar-refractivity contribution in [2.75, 3.05) is 13.2 Å². The molecule has 10 heavy (non-hydrogen) atoms. The molecule has 0 aromatic rings. The molecule has 2 nitrogen and oxygen atoms in total. The zero-order valence-corrected chi connectivity index (χ0v) is 6.89. The molecule has 1 heterocycles. The minimum absolute atomic E-state index is 0.00579. The smallest absolute Gasteiger partial charge is 0.0647 e. The van der Waals surface area contributed by atoms with Crippen molar-refractivity contribution in [3.8, 4) is 0 Å². The van der Waals surface area contributed by atoms with Gasteiger partial charge in [0.15, 0.2) is 0 Å². The Balaban J connectivity index is 2.36. The van der Waals surface area contributed by atoms with E-state index < -0.39 is 0 Å². The first-order valence-corrected chi connectivity index (χ1v) is 3.99. The summed E-state index contributed by atoms with van der Waals surface area (Å²) in [6, 6.07) is 0. The Hall–Kier alpha value is -0.0800. The predicted molar refractivity (Wildman–Crippen MR) is 41.8 cm³/mol. The fourth-order valence-corrected chi connectivity index (χ4v) is 1.60. The maximum absolute atomic E-state index is 6.04. The number of nitrogens with two attached hydrogens (primary N) is 1. The van der Waals surface area contributed by atoms with E-state index in [1.54, 1.807) is 0 Å². The van der Waals surface area contributed by atoms with Crippen LogP contribution in [0.25, 0.3) is 0 Å². The van der Waals surface area contributed by atoms with E-state index in [0.29, 0.717) is 5.92 Å². The van der Waals surface area contributed by atoms with Gasteiger partial charge in [0, 0.05) is 12.1 Å². The molecule has 0 aliphatic carbocycles. The first-order valence-electron chi connectivity index (χ1n) is 3.99. The molecule has 2 N–H and O–H groups in total. The Morgan fingerprint density at radius 1 is 1.60 bits per heavy atom. The maximum Gasteiger partial charge on any atom is 0.0647 e. The van der Waals surface area contributed by atoms with Gasteiger partial charge in [-0.1, -0.05) is 13.8 Å². The molecule has 0 aromatic heterocycles. The highest BCUT2D eigenvalue weighted by molar-refractivity contribution is 4.88. The third-order valence-electron chi connectivity index (χ3n) is 1.95. The lowest BCUT2D eigenvalue weighted by molar-refractivity contribution is 0.171.